The van der Waals surface area contributed by atoms with Crippen LogP contribution in [0.4, 0.5) is 0 Å². The third kappa shape index (κ3) is 2.51. The Balaban J connectivity index is 2.45. The monoisotopic (exact) mass is 307 g/mol. The van der Waals surface area contributed by atoms with E-state index in [1.165, 1.54) is 18.3 Å². The molecule has 4 nitrogen and oxygen atoms in total. The first kappa shape index (κ1) is 12.6. The van der Waals surface area contributed by atoms with Crippen LogP contribution < -0.4 is 4.74 Å². The Morgan fingerprint density at radius 2 is 2.11 bits per heavy atom. The van der Waals surface area contributed by atoms with Gasteiger partial charge in [0.05, 0.1) is 22.8 Å². The summed E-state index contributed by atoms with van der Waals surface area (Å²) in [6.07, 6.45) is 1.48. The highest BCUT2D eigenvalue weighted by molar-refractivity contribution is 9.10. The van der Waals surface area contributed by atoms with Gasteiger partial charge in [-0.2, -0.15) is 0 Å². The van der Waals surface area contributed by atoms with E-state index >= 15 is 0 Å². The van der Waals surface area contributed by atoms with Crippen molar-refractivity contribution in [1.82, 2.24) is 4.98 Å². The van der Waals surface area contributed by atoms with Crippen LogP contribution in [0, 0.1) is 0 Å². The summed E-state index contributed by atoms with van der Waals surface area (Å²) in [6, 6.07) is 8.47. The predicted octanol–water partition coefficient (Wildman–Crippen LogP) is 3.22. The van der Waals surface area contributed by atoms with Crippen LogP contribution in [-0.2, 0) is 0 Å². The van der Waals surface area contributed by atoms with Gasteiger partial charge in [-0.1, -0.05) is 0 Å². The number of carbonyl (C=O) groups is 1. The number of pyridine rings is 1. The van der Waals surface area contributed by atoms with E-state index < -0.39 is 5.97 Å². The highest BCUT2D eigenvalue weighted by Gasteiger charge is 2.08. The predicted molar refractivity (Wildman–Crippen MR) is 70.9 cm³/mol. The van der Waals surface area contributed by atoms with Crippen molar-refractivity contribution in [3.8, 4) is 17.0 Å². The summed E-state index contributed by atoms with van der Waals surface area (Å²) in [5, 5.41) is 8.94. The standard InChI is InChI=1S/C13H10BrNO3/c1-18-12-3-2-8(6-10(12)14)11-7-9(13(16)17)4-5-15-11/h2-7H,1H3,(H,16,17). The summed E-state index contributed by atoms with van der Waals surface area (Å²) >= 11 is 3.38. The van der Waals surface area contributed by atoms with Gasteiger partial charge in [0.15, 0.2) is 0 Å². The Kier molecular flexibility index (Phi) is 3.62. The second-order valence-corrected chi connectivity index (χ2v) is 4.44. The Morgan fingerprint density at radius 1 is 1.33 bits per heavy atom. The molecule has 1 N–H and O–H groups in total. The Morgan fingerprint density at radius 3 is 2.72 bits per heavy atom. The van der Waals surface area contributed by atoms with Crippen molar-refractivity contribution in [2.24, 2.45) is 0 Å². The zero-order valence-corrected chi connectivity index (χ0v) is 11.1. The molecule has 0 amide bonds. The lowest BCUT2D eigenvalue weighted by Gasteiger charge is -2.06. The van der Waals surface area contributed by atoms with E-state index in [1.807, 2.05) is 12.1 Å². The number of hydrogen-bond acceptors (Lipinski definition) is 3. The molecule has 18 heavy (non-hydrogen) atoms. The summed E-state index contributed by atoms with van der Waals surface area (Å²) in [7, 11) is 1.59. The molecule has 0 radical (unpaired) electrons. The average Bonchev–Trinajstić information content (AvgIpc) is 2.38. The SMILES string of the molecule is COc1ccc(-c2cc(C(=O)O)ccn2)cc1Br. The fourth-order valence-corrected chi connectivity index (χ4v) is 2.09. The molecule has 0 aliphatic carbocycles. The summed E-state index contributed by atoms with van der Waals surface area (Å²) in [5.74, 6) is -0.251. The van der Waals surface area contributed by atoms with Crippen LogP contribution >= 0.6 is 15.9 Å². The second kappa shape index (κ2) is 5.18. The van der Waals surface area contributed by atoms with Crippen LogP contribution in [0.25, 0.3) is 11.3 Å². The van der Waals surface area contributed by atoms with Crippen LogP contribution in [0.1, 0.15) is 10.4 Å². The lowest BCUT2D eigenvalue weighted by Crippen LogP contribution is -1.97. The minimum absolute atomic E-state index is 0.215. The number of halogens is 1. The van der Waals surface area contributed by atoms with Crippen molar-refractivity contribution in [2.75, 3.05) is 7.11 Å². The highest BCUT2D eigenvalue weighted by Crippen LogP contribution is 2.29. The number of hydrogen-bond donors (Lipinski definition) is 1. The Bertz CT molecular complexity index is 599. The largest absolute Gasteiger partial charge is 0.496 e. The molecule has 0 unspecified atom stereocenters. The van der Waals surface area contributed by atoms with E-state index in [0.717, 1.165) is 10.0 Å². The zero-order chi connectivity index (χ0) is 13.1. The molecule has 1 heterocycles. The molecule has 1 aromatic carbocycles. The van der Waals surface area contributed by atoms with Crippen molar-refractivity contribution < 1.29 is 14.6 Å². The number of benzene rings is 1. The van der Waals surface area contributed by atoms with E-state index in [0.29, 0.717) is 11.4 Å². The van der Waals surface area contributed by atoms with Crippen LogP contribution in [0.5, 0.6) is 5.75 Å². The maximum absolute atomic E-state index is 10.9. The quantitative estimate of drug-likeness (QED) is 0.946. The number of carboxylic acid groups (broad SMARTS) is 1. The van der Waals surface area contributed by atoms with Crippen LogP contribution in [0.15, 0.2) is 41.0 Å². The first-order valence-electron chi connectivity index (χ1n) is 5.15. The molecule has 5 heteroatoms. The van der Waals surface area contributed by atoms with Crippen LogP contribution in [-0.4, -0.2) is 23.2 Å². The molecule has 0 atom stereocenters. The zero-order valence-electron chi connectivity index (χ0n) is 9.55. The van der Waals surface area contributed by atoms with E-state index in [2.05, 4.69) is 20.9 Å². The molecule has 1 aromatic heterocycles. The fraction of sp³-hybridized carbons (Fsp3) is 0.0769. The second-order valence-electron chi connectivity index (χ2n) is 3.58. The minimum atomic E-state index is -0.966. The summed E-state index contributed by atoms with van der Waals surface area (Å²) in [5.41, 5.74) is 1.65. The van der Waals surface area contributed by atoms with Crippen LogP contribution in [0.2, 0.25) is 0 Å². The Hall–Kier alpha value is -1.88. The molecule has 92 valence electrons. The summed E-state index contributed by atoms with van der Waals surface area (Å²) in [4.78, 5) is 15.1. The molecular weight excluding hydrogens is 298 g/mol. The first-order valence-corrected chi connectivity index (χ1v) is 5.94. The van der Waals surface area contributed by atoms with Gasteiger partial charge in [-0.15, -0.1) is 0 Å². The van der Waals surface area contributed by atoms with Gasteiger partial charge < -0.3 is 9.84 Å². The van der Waals surface area contributed by atoms with Crippen molar-refractivity contribution >= 4 is 21.9 Å². The molecule has 0 spiro atoms. The molecule has 0 aliphatic heterocycles. The topological polar surface area (TPSA) is 59.4 Å². The molecule has 2 aromatic rings. The Labute approximate surface area is 112 Å². The molecule has 2 rings (SSSR count). The maximum Gasteiger partial charge on any atom is 0.335 e. The number of methoxy groups -OCH3 is 1. The maximum atomic E-state index is 10.9. The third-order valence-corrected chi connectivity index (χ3v) is 3.07. The number of aromatic nitrogens is 1. The lowest BCUT2D eigenvalue weighted by molar-refractivity contribution is 0.0697. The van der Waals surface area contributed by atoms with Crippen molar-refractivity contribution in [1.29, 1.82) is 0 Å². The average molecular weight is 308 g/mol. The number of nitrogens with zero attached hydrogens (tertiary/aromatic N) is 1. The molecular formula is C13H10BrNO3. The molecule has 0 bridgehead atoms. The number of ether oxygens (including phenoxy) is 1. The fourth-order valence-electron chi connectivity index (χ4n) is 1.55. The number of carboxylic acids is 1. The third-order valence-electron chi connectivity index (χ3n) is 2.45. The number of rotatable bonds is 3. The summed E-state index contributed by atoms with van der Waals surface area (Å²) in [6.45, 7) is 0. The van der Waals surface area contributed by atoms with Crippen molar-refractivity contribution in [3.05, 3.63) is 46.6 Å². The number of aromatic carboxylic acids is 1. The molecule has 0 fully saturated rings. The van der Waals surface area contributed by atoms with Gasteiger partial charge in [0.1, 0.15) is 5.75 Å². The van der Waals surface area contributed by atoms with Gasteiger partial charge in [-0.3, -0.25) is 4.98 Å². The van der Waals surface area contributed by atoms with Gasteiger partial charge in [-0.05, 0) is 46.3 Å². The molecule has 0 aliphatic rings. The lowest BCUT2D eigenvalue weighted by atomic mass is 10.1. The van der Waals surface area contributed by atoms with E-state index in [1.54, 1.807) is 13.2 Å². The van der Waals surface area contributed by atoms with Gasteiger partial charge >= 0.3 is 5.97 Å². The van der Waals surface area contributed by atoms with Gasteiger partial charge in [0, 0.05) is 11.8 Å². The van der Waals surface area contributed by atoms with Crippen LogP contribution in [0.3, 0.4) is 0 Å². The summed E-state index contributed by atoms with van der Waals surface area (Å²) < 4.78 is 5.93. The van der Waals surface area contributed by atoms with Crippen molar-refractivity contribution in [2.45, 2.75) is 0 Å². The van der Waals surface area contributed by atoms with E-state index in [9.17, 15) is 4.79 Å². The molecule has 0 saturated carbocycles. The van der Waals surface area contributed by atoms with E-state index in [4.69, 9.17) is 9.84 Å². The van der Waals surface area contributed by atoms with E-state index in [-0.39, 0.29) is 5.56 Å². The highest BCUT2D eigenvalue weighted by atomic mass is 79.9. The molecule has 0 saturated heterocycles. The van der Waals surface area contributed by atoms with Gasteiger partial charge in [-0.25, -0.2) is 4.79 Å². The van der Waals surface area contributed by atoms with Gasteiger partial charge in [0.25, 0.3) is 0 Å². The normalized spacial score (nSPS) is 10.1. The van der Waals surface area contributed by atoms with Gasteiger partial charge in [0.2, 0.25) is 0 Å². The first-order chi connectivity index (χ1) is 8.61. The smallest absolute Gasteiger partial charge is 0.335 e. The minimum Gasteiger partial charge on any atom is -0.496 e. The van der Waals surface area contributed by atoms with Crippen molar-refractivity contribution in [3.63, 3.8) is 0 Å².